The van der Waals surface area contributed by atoms with Gasteiger partial charge in [0.25, 0.3) is 5.91 Å². The number of carbonyl (C=O) groups is 1. The standard InChI is InChI=1S/C8H14N2O2/c1-2-4-8(7(11)10-12)5-3-6-9-8/h6,12H,2-5H2,1H3,(H,10,11). The van der Waals surface area contributed by atoms with Gasteiger partial charge in [0.1, 0.15) is 5.54 Å². The molecule has 0 fully saturated rings. The average molecular weight is 170 g/mol. The first-order valence-corrected chi connectivity index (χ1v) is 4.23. The number of nitrogens with one attached hydrogen (secondary N) is 1. The van der Waals surface area contributed by atoms with E-state index >= 15 is 0 Å². The number of carbonyl (C=O) groups excluding carboxylic acids is 1. The Labute approximate surface area is 71.6 Å². The number of hydrogen-bond donors (Lipinski definition) is 2. The van der Waals surface area contributed by atoms with Gasteiger partial charge in [-0.1, -0.05) is 13.3 Å². The molecule has 0 aromatic rings. The largest absolute Gasteiger partial charge is 0.289 e. The molecule has 1 amide bonds. The Kier molecular flexibility index (Phi) is 2.81. The maximum atomic E-state index is 11.3. The Balaban J connectivity index is 2.72. The van der Waals surface area contributed by atoms with Gasteiger partial charge in [0.05, 0.1) is 0 Å². The highest BCUT2D eigenvalue weighted by Gasteiger charge is 2.38. The molecule has 1 heterocycles. The first kappa shape index (κ1) is 9.19. The van der Waals surface area contributed by atoms with Crippen molar-refractivity contribution >= 4 is 12.1 Å². The van der Waals surface area contributed by atoms with Gasteiger partial charge in [-0.2, -0.15) is 0 Å². The van der Waals surface area contributed by atoms with E-state index in [0.29, 0.717) is 12.8 Å². The summed E-state index contributed by atoms with van der Waals surface area (Å²) in [4.78, 5) is 15.4. The summed E-state index contributed by atoms with van der Waals surface area (Å²) in [6.45, 7) is 2.00. The third-order valence-corrected chi connectivity index (χ3v) is 2.21. The smallest absolute Gasteiger partial charge is 0.271 e. The van der Waals surface area contributed by atoms with E-state index in [1.165, 1.54) is 0 Å². The lowest BCUT2D eigenvalue weighted by molar-refractivity contribution is -0.134. The molecule has 0 radical (unpaired) electrons. The van der Waals surface area contributed by atoms with Gasteiger partial charge < -0.3 is 0 Å². The van der Waals surface area contributed by atoms with Crippen LogP contribution < -0.4 is 5.48 Å². The first-order chi connectivity index (χ1) is 5.75. The molecule has 0 bridgehead atoms. The molecule has 0 aromatic heterocycles. The Morgan fingerprint density at radius 1 is 1.83 bits per heavy atom. The Bertz CT molecular complexity index is 203. The second-order valence-corrected chi connectivity index (χ2v) is 3.07. The second kappa shape index (κ2) is 3.67. The van der Waals surface area contributed by atoms with E-state index in [1.54, 1.807) is 11.7 Å². The SMILES string of the molecule is CCCC1(C(=O)NO)CCC=N1. The summed E-state index contributed by atoms with van der Waals surface area (Å²) in [5, 5.41) is 8.51. The van der Waals surface area contributed by atoms with Crippen LogP contribution in [-0.4, -0.2) is 22.9 Å². The first-order valence-electron chi connectivity index (χ1n) is 4.23. The molecule has 12 heavy (non-hydrogen) atoms. The van der Waals surface area contributed by atoms with Crippen LogP contribution in [0.5, 0.6) is 0 Å². The third-order valence-electron chi connectivity index (χ3n) is 2.21. The molecule has 68 valence electrons. The lowest BCUT2D eigenvalue weighted by atomic mass is 9.91. The van der Waals surface area contributed by atoms with Crippen LogP contribution >= 0.6 is 0 Å². The minimum atomic E-state index is -0.677. The number of nitrogens with zero attached hydrogens (tertiary/aromatic N) is 1. The van der Waals surface area contributed by atoms with Gasteiger partial charge in [-0.05, 0) is 19.3 Å². The summed E-state index contributed by atoms with van der Waals surface area (Å²) < 4.78 is 0. The topological polar surface area (TPSA) is 61.7 Å². The molecule has 1 unspecified atom stereocenters. The fraction of sp³-hybridized carbons (Fsp3) is 0.750. The van der Waals surface area contributed by atoms with Crippen LogP contribution in [0.25, 0.3) is 0 Å². The van der Waals surface area contributed by atoms with E-state index in [4.69, 9.17) is 5.21 Å². The van der Waals surface area contributed by atoms with Crippen molar-refractivity contribution in [1.82, 2.24) is 5.48 Å². The van der Waals surface area contributed by atoms with Gasteiger partial charge in [-0.25, -0.2) is 5.48 Å². The van der Waals surface area contributed by atoms with Crippen LogP contribution in [0.3, 0.4) is 0 Å². The molecule has 1 rings (SSSR count). The molecule has 1 aliphatic heterocycles. The van der Waals surface area contributed by atoms with Crippen molar-refractivity contribution in [3.8, 4) is 0 Å². The number of hydrogen-bond acceptors (Lipinski definition) is 3. The molecule has 2 N–H and O–H groups in total. The van der Waals surface area contributed by atoms with Crippen LogP contribution in [0.2, 0.25) is 0 Å². The molecule has 4 heteroatoms. The number of hydroxylamine groups is 1. The number of aliphatic imine (C=N–C) groups is 1. The Morgan fingerprint density at radius 2 is 2.58 bits per heavy atom. The Morgan fingerprint density at radius 3 is 3.00 bits per heavy atom. The normalized spacial score (nSPS) is 27.5. The molecule has 1 aliphatic rings. The maximum absolute atomic E-state index is 11.3. The fourth-order valence-corrected chi connectivity index (χ4v) is 1.60. The molecule has 0 saturated carbocycles. The molecule has 0 spiro atoms. The van der Waals surface area contributed by atoms with Crippen molar-refractivity contribution in [2.45, 2.75) is 38.1 Å². The van der Waals surface area contributed by atoms with Gasteiger partial charge in [-0.3, -0.25) is 15.0 Å². The Hall–Kier alpha value is -0.900. The van der Waals surface area contributed by atoms with Gasteiger partial charge in [0.15, 0.2) is 0 Å². The number of rotatable bonds is 3. The molecule has 0 aromatic carbocycles. The summed E-state index contributed by atoms with van der Waals surface area (Å²) in [7, 11) is 0. The predicted molar refractivity (Wildman–Crippen MR) is 45.3 cm³/mol. The maximum Gasteiger partial charge on any atom is 0.271 e. The van der Waals surface area contributed by atoms with Crippen molar-refractivity contribution < 1.29 is 10.0 Å². The van der Waals surface area contributed by atoms with Crippen LogP contribution in [0, 0.1) is 0 Å². The van der Waals surface area contributed by atoms with Crippen molar-refractivity contribution in [3.05, 3.63) is 0 Å². The zero-order valence-electron chi connectivity index (χ0n) is 7.21. The van der Waals surface area contributed by atoms with E-state index < -0.39 is 5.54 Å². The predicted octanol–water partition coefficient (Wildman–Crippen LogP) is 0.895. The zero-order chi connectivity index (χ0) is 9.03. The van der Waals surface area contributed by atoms with E-state index in [-0.39, 0.29) is 5.91 Å². The van der Waals surface area contributed by atoms with E-state index in [2.05, 4.69) is 4.99 Å². The molecule has 4 nitrogen and oxygen atoms in total. The van der Waals surface area contributed by atoms with Crippen LogP contribution in [-0.2, 0) is 4.79 Å². The van der Waals surface area contributed by atoms with Gasteiger partial charge in [0, 0.05) is 6.21 Å². The molecule has 1 atom stereocenters. The minimum absolute atomic E-state index is 0.377. The summed E-state index contributed by atoms with van der Waals surface area (Å²) in [6.07, 6.45) is 4.90. The molecular weight excluding hydrogens is 156 g/mol. The van der Waals surface area contributed by atoms with Crippen molar-refractivity contribution in [2.75, 3.05) is 0 Å². The zero-order valence-corrected chi connectivity index (χ0v) is 7.21. The van der Waals surface area contributed by atoms with Crippen LogP contribution in [0.4, 0.5) is 0 Å². The van der Waals surface area contributed by atoms with Gasteiger partial charge >= 0.3 is 0 Å². The van der Waals surface area contributed by atoms with E-state index in [9.17, 15) is 4.79 Å². The lowest BCUT2D eigenvalue weighted by Gasteiger charge is -2.22. The minimum Gasteiger partial charge on any atom is -0.289 e. The molecule has 0 saturated heterocycles. The monoisotopic (exact) mass is 170 g/mol. The van der Waals surface area contributed by atoms with E-state index in [1.807, 2.05) is 6.92 Å². The second-order valence-electron chi connectivity index (χ2n) is 3.07. The highest BCUT2D eigenvalue weighted by molar-refractivity contribution is 5.88. The average Bonchev–Trinajstić information content (AvgIpc) is 2.53. The van der Waals surface area contributed by atoms with Crippen molar-refractivity contribution in [3.63, 3.8) is 0 Å². The van der Waals surface area contributed by atoms with Crippen molar-refractivity contribution in [2.24, 2.45) is 4.99 Å². The highest BCUT2D eigenvalue weighted by atomic mass is 16.5. The number of amides is 1. The third kappa shape index (κ3) is 1.48. The molecular formula is C8H14N2O2. The summed E-state index contributed by atoms with van der Waals surface area (Å²) in [5.74, 6) is -0.377. The summed E-state index contributed by atoms with van der Waals surface area (Å²) in [6, 6.07) is 0. The quantitative estimate of drug-likeness (QED) is 0.488. The van der Waals surface area contributed by atoms with Crippen LogP contribution in [0.15, 0.2) is 4.99 Å². The summed E-state index contributed by atoms with van der Waals surface area (Å²) >= 11 is 0. The molecule has 0 aliphatic carbocycles. The summed E-state index contributed by atoms with van der Waals surface area (Å²) in [5.41, 5.74) is 1.00. The van der Waals surface area contributed by atoms with Crippen molar-refractivity contribution in [1.29, 1.82) is 0 Å². The van der Waals surface area contributed by atoms with Gasteiger partial charge in [-0.15, -0.1) is 0 Å². The lowest BCUT2D eigenvalue weighted by Crippen LogP contribution is -2.42. The van der Waals surface area contributed by atoms with E-state index in [0.717, 1.165) is 12.8 Å². The van der Waals surface area contributed by atoms with Crippen LogP contribution in [0.1, 0.15) is 32.6 Å². The highest BCUT2D eigenvalue weighted by Crippen LogP contribution is 2.28. The van der Waals surface area contributed by atoms with Gasteiger partial charge in [0.2, 0.25) is 0 Å². The fourth-order valence-electron chi connectivity index (χ4n) is 1.60.